The Balaban J connectivity index is 1.31. The Morgan fingerprint density at radius 2 is 1.62 bits per heavy atom. The van der Waals surface area contributed by atoms with E-state index in [-0.39, 0.29) is 44.4 Å². The van der Waals surface area contributed by atoms with E-state index >= 15 is 8.63 Å². The van der Waals surface area contributed by atoms with Crippen LogP contribution < -0.4 is 16.0 Å². The number of halogens is 2. The van der Waals surface area contributed by atoms with Crippen molar-refractivity contribution in [2.24, 2.45) is 0 Å². The molecule has 0 aliphatic carbocycles. The van der Waals surface area contributed by atoms with Crippen LogP contribution in [0.25, 0.3) is 6.08 Å². The average molecular weight is 938 g/mol. The van der Waals surface area contributed by atoms with Crippen LogP contribution in [0, 0.1) is 6.92 Å². The van der Waals surface area contributed by atoms with Crippen LogP contribution in [-0.4, -0.2) is 151 Å². The maximum absolute atomic E-state index is 16.8. The van der Waals surface area contributed by atoms with Gasteiger partial charge in [0.1, 0.15) is 17.5 Å². The molecule has 4 N–H and O–H groups in total. The first-order valence-corrected chi connectivity index (χ1v) is 24.3. The predicted octanol–water partition coefficient (Wildman–Crippen LogP) is 3.84. The number of rotatable bonds is 27. The summed E-state index contributed by atoms with van der Waals surface area (Å²) in [5.41, 5.74) is 3.19. The van der Waals surface area contributed by atoms with Crippen LogP contribution >= 0.6 is 0 Å². The summed E-state index contributed by atoms with van der Waals surface area (Å²) in [6.07, 6.45) is 11.8. The number of allylic oxidation sites excluding steroid dienone is 2. The number of nitrogens with zero attached hydrogens (tertiary/aromatic N) is 5. The molecular weight excluding hydrogens is 869 g/mol. The zero-order valence-corrected chi connectivity index (χ0v) is 39.6. The molecule has 4 rings (SSSR count). The third-order valence-corrected chi connectivity index (χ3v) is 12.3. The number of imide groups is 2. The molecule has 0 aromatic carbocycles. The zero-order valence-electron chi connectivity index (χ0n) is 38.8. The molecule has 1 aromatic heterocycles. The summed E-state index contributed by atoms with van der Waals surface area (Å²) in [5, 5.41) is 7.20. The summed E-state index contributed by atoms with van der Waals surface area (Å²) < 4.78 is 69.6. The second-order valence-electron chi connectivity index (χ2n) is 18.3. The minimum atomic E-state index is -4.77. The van der Waals surface area contributed by atoms with Crippen LogP contribution in [0.5, 0.6) is 0 Å². The summed E-state index contributed by atoms with van der Waals surface area (Å²) in [4.78, 5) is 80.9. The Bertz CT molecular complexity index is 2140. The van der Waals surface area contributed by atoms with E-state index in [0.29, 0.717) is 67.3 Å². The number of unbranched alkanes of at least 4 members (excludes halogenated alkanes) is 6. The van der Waals surface area contributed by atoms with Gasteiger partial charge in [0.2, 0.25) is 11.8 Å². The normalized spacial score (nSPS) is 16.3. The van der Waals surface area contributed by atoms with Crippen molar-refractivity contribution in [3.63, 3.8) is 0 Å². The van der Waals surface area contributed by atoms with E-state index in [0.717, 1.165) is 69.7 Å². The maximum Gasteiger partial charge on any atom is 0.737 e. The minimum Gasteiger partial charge on any atom is -0.394 e. The Morgan fingerprint density at radius 3 is 2.28 bits per heavy atom. The molecule has 362 valence electrons. The van der Waals surface area contributed by atoms with Crippen LogP contribution in [-0.2, 0) is 45.3 Å². The van der Waals surface area contributed by atoms with Gasteiger partial charge in [-0.15, -0.1) is 5.06 Å². The van der Waals surface area contributed by atoms with Crippen LogP contribution in [0.2, 0.25) is 0 Å². The number of fused-ring (bicyclic) bond motifs is 2. The number of amides is 6. The first-order valence-electron chi connectivity index (χ1n) is 22.7. The third-order valence-electron chi connectivity index (χ3n) is 11.6. The predicted molar refractivity (Wildman–Crippen MR) is 241 cm³/mol. The molecule has 3 aliphatic rings. The Morgan fingerprint density at radius 1 is 0.938 bits per heavy atom. The van der Waals surface area contributed by atoms with Gasteiger partial charge in [-0.1, -0.05) is 39.0 Å². The molecule has 0 saturated carbocycles. The monoisotopic (exact) mass is 937 g/mol. The summed E-state index contributed by atoms with van der Waals surface area (Å²) >= 11 is 0. The molecular formula is C43H68BF2N8O10S+. The van der Waals surface area contributed by atoms with Gasteiger partial charge >= 0.3 is 19.0 Å². The molecule has 6 amide bonds. The van der Waals surface area contributed by atoms with Crippen LogP contribution in [0.1, 0.15) is 120 Å². The number of quaternary nitrogens is 1. The molecule has 1 aromatic rings. The number of carbonyl (C=O) groups excluding carboxylic acids is 6. The number of urea groups is 1. The maximum atomic E-state index is 16.8. The number of likely N-dealkylation sites (N-methyl/N-ethyl adjacent to an activating group) is 1. The largest absolute Gasteiger partial charge is 0.737 e. The number of hydroxylamine groups is 2. The highest BCUT2D eigenvalue weighted by molar-refractivity contribution is 7.85. The molecule has 3 aliphatic heterocycles. The lowest BCUT2D eigenvalue weighted by atomic mass is 9.88. The van der Waals surface area contributed by atoms with Gasteiger partial charge in [-0.2, -0.15) is 8.42 Å². The van der Waals surface area contributed by atoms with Crippen molar-refractivity contribution in [2.45, 2.75) is 123 Å². The van der Waals surface area contributed by atoms with Crippen LogP contribution in [0.4, 0.5) is 13.4 Å². The van der Waals surface area contributed by atoms with E-state index in [1.165, 1.54) is 0 Å². The van der Waals surface area contributed by atoms with Gasteiger partial charge in [0.15, 0.2) is 5.70 Å². The topological polar surface area (TPSA) is 217 Å². The Kier molecular flexibility index (Phi) is 19.2. The summed E-state index contributed by atoms with van der Waals surface area (Å²) in [6.45, 7) is 1.21. The molecule has 0 bridgehead atoms. The third kappa shape index (κ3) is 16.0. The highest BCUT2D eigenvalue weighted by atomic mass is 32.2. The van der Waals surface area contributed by atoms with Gasteiger partial charge < -0.3 is 42.5 Å². The van der Waals surface area contributed by atoms with E-state index < -0.39 is 64.5 Å². The second-order valence-corrected chi connectivity index (χ2v) is 19.8. The van der Waals surface area contributed by atoms with Crippen molar-refractivity contribution in [2.75, 3.05) is 60.1 Å². The van der Waals surface area contributed by atoms with Crippen molar-refractivity contribution in [3.05, 3.63) is 40.4 Å². The van der Waals surface area contributed by atoms with Crippen molar-refractivity contribution >= 4 is 64.5 Å². The zero-order chi connectivity index (χ0) is 48.1. The van der Waals surface area contributed by atoms with E-state index in [4.69, 9.17) is 4.84 Å². The first kappa shape index (κ1) is 52.8. The SMILES string of the molecule is CCCCCCCC1=CC(CCC(=O)NC(=O)NC(CS(=O)(=O)O)C(=O)NCCN(C)CCCCCC(=O)ON2C(=O)CCC2=O)=[N+]2C1=Cc1c(CCC[N+](C)(C)C)cc(C)n1[B-]2(F)F. The summed E-state index contributed by atoms with van der Waals surface area (Å²) in [6, 6.07) is -1.16. The van der Waals surface area contributed by atoms with Crippen molar-refractivity contribution in [1.29, 1.82) is 0 Å². The molecule has 1 fully saturated rings. The highest BCUT2D eigenvalue weighted by Crippen LogP contribution is 2.39. The van der Waals surface area contributed by atoms with Gasteiger partial charge in [-0.3, -0.25) is 29.0 Å². The van der Waals surface area contributed by atoms with Crippen molar-refractivity contribution < 1.29 is 64.2 Å². The van der Waals surface area contributed by atoms with Crippen molar-refractivity contribution in [3.8, 4) is 0 Å². The van der Waals surface area contributed by atoms with Gasteiger partial charge in [0.05, 0.1) is 27.7 Å². The number of hydrogen-bond donors (Lipinski definition) is 4. The van der Waals surface area contributed by atoms with Gasteiger partial charge in [-0.25, -0.2) is 9.59 Å². The lowest BCUT2D eigenvalue weighted by Crippen LogP contribution is -2.54. The Labute approximate surface area is 381 Å². The highest BCUT2D eigenvalue weighted by Gasteiger charge is 2.54. The van der Waals surface area contributed by atoms with E-state index in [1.807, 2.05) is 17.0 Å². The molecule has 1 saturated heterocycles. The fourth-order valence-electron chi connectivity index (χ4n) is 8.26. The molecule has 0 radical (unpaired) electrons. The van der Waals surface area contributed by atoms with E-state index in [1.54, 1.807) is 20.0 Å². The first-order chi connectivity index (χ1) is 30.5. The quantitative estimate of drug-likeness (QED) is 0.0327. The number of nitrogens with one attached hydrogen (secondary N) is 3. The molecule has 0 spiro atoms. The summed E-state index contributed by atoms with van der Waals surface area (Å²) in [5.74, 6) is -4.76. The lowest BCUT2D eigenvalue weighted by Gasteiger charge is -2.31. The molecule has 1 atom stereocenters. The van der Waals surface area contributed by atoms with E-state index in [9.17, 15) is 41.7 Å². The average Bonchev–Trinajstić information content (AvgIpc) is 3.84. The fourth-order valence-corrected chi connectivity index (χ4v) is 8.91. The van der Waals surface area contributed by atoms with Gasteiger partial charge in [0, 0.05) is 75.0 Å². The van der Waals surface area contributed by atoms with Crippen LogP contribution in [0.15, 0.2) is 23.4 Å². The van der Waals surface area contributed by atoms with Crippen LogP contribution in [0.3, 0.4) is 0 Å². The molecule has 1 unspecified atom stereocenters. The molecule has 65 heavy (non-hydrogen) atoms. The van der Waals surface area contributed by atoms with Crippen molar-refractivity contribution in [1.82, 2.24) is 30.4 Å². The molecule has 18 nitrogen and oxygen atoms in total. The molecule has 4 heterocycles. The smallest absolute Gasteiger partial charge is 0.394 e. The fraction of sp³-hybridized carbons (Fsp3) is 0.651. The number of carbonyl (C=O) groups is 6. The Hall–Kier alpha value is -4.80. The summed E-state index contributed by atoms with van der Waals surface area (Å²) in [7, 11) is 3.27. The number of aryl methyl sites for hydroxylation is 2. The second kappa shape index (κ2) is 23.6. The van der Waals surface area contributed by atoms with Gasteiger partial charge in [-0.05, 0) is 69.9 Å². The number of hydrogen-bond acceptors (Lipinski definition) is 10. The lowest BCUT2D eigenvalue weighted by molar-refractivity contribution is -0.870. The van der Waals surface area contributed by atoms with Gasteiger partial charge in [0.25, 0.3) is 21.9 Å². The number of aromatic nitrogens is 1. The molecule has 22 heteroatoms. The standard InChI is InChI=1S/C43H67BF2N8O10S/c1-7-8-9-10-12-16-33-28-34(52-37(33)29-36-32(17-15-26-54(4,5)6)27-31(2)51(36)44(52,45)46)19-20-38(55)49-43(60)48-35(30-65(61,62)63)42(59)47-23-25-50(3)24-14-11-13-18-41(58)64-53-39(56)21-22-40(53)57/h27-29,35H,7-26,30H2,1-6H3,(H3-,47,48,49,55,59,60,61,62,63)/p+1. The minimum absolute atomic E-state index is 0.00836. The van der Waals surface area contributed by atoms with E-state index in [2.05, 4.69) is 44.0 Å².